The molecule has 0 aliphatic rings. The van der Waals surface area contributed by atoms with Crippen molar-refractivity contribution in [2.24, 2.45) is 4.99 Å². The fourth-order valence-electron chi connectivity index (χ4n) is 2.53. The number of aryl methyl sites for hydroxylation is 1. The summed E-state index contributed by atoms with van der Waals surface area (Å²) >= 11 is 0. The molecule has 0 saturated heterocycles. The van der Waals surface area contributed by atoms with Gasteiger partial charge in [-0.3, -0.25) is 4.99 Å². The summed E-state index contributed by atoms with van der Waals surface area (Å²) in [6, 6.07) is 6.17. The fourth-order valence-corrected chi connectivity index (χ4v) is 2.53. The van der Waals surface area contributed by atoms with Gasteiger partial charge in [0.05, 0.1) is 6.61 Å². The van der Waals surface area contributed by atoms with E-state index in [1.807, 2.05) is 33.8 Å². The van der Waals surface area contributed by atoms with Crippen LogP contribution in [0.2, 0.25) is 0 Å². The maximum absolute atomic E-state index is 11.6. The molecule has 0 aliphatic carbocycles. The van der Waals surface area contributed by atoms with Crippen molar-refractivity contribution in [2.75, 3.05) is 40.5 Å². The summed E-state index contributed by atoms with van der Waals surface area (Å²) in [5.41, 5.74) is 1.73. The van der Waals surface area contributed by atoms with Crippen LogP contribution in [-0.2, 0) is 16.0 Å². The lowest BCUT2D eigenvalue weighted by atomic mass is 10.1. The van der Waals surface area contributed by atoms with Crippen molar-refractivity contribution in [1.29, 1.82) is 0 Å². The summed E-state index contributed by atoms with van der Waals surface area (Å²) in [5, 5.41) is 9.29. The Hall–Kier alpha value is -2.48. The number of methoxy groups -OCH3 is 1. The molecule has 0 atom stereocenters. The molecular formula is C22H38N4O4. The molecule has 8 heteroatoms. The van der Waals surface area contributed by atoms with Crippen molar-refractivity contribution in [2.45, 2.75) is 52.7 Å². The number of carbonyl (C=O) groups is 1. The second-order valence-corrected chi connectivity index (χ2v) is 7.94. The predicted molar refractivity (Wildman–Crippen MR) is 120 cm³/mol. The molecule has 170 valence electrons. The first-order chi connectivity index (χ1) is 14.2. The fraction of sp³-hybridized carbons (Fsp3) is 0.636. The standard InChI is InChI=1S/C22H38N4O4/c1-17-9-10-18(19(15-17)29-14-8-13-28-6)16-26-20(23-5)24-11-7-12-25-21(27)30-22(2,3)4/h9-10,15H,7-8,11-14,16H2,1-6H3,(H,25,27)(H2,23,24,26). The number of amides is 1. The summed E-state index contributed by atoms with van der Waals surface area (Å²) < 4.78 is 16.2. The molecule has 0 unspecified atom stereocenters. The van der Waals surface area contributed by atoms with Crippen molar-refractivity contribution >= 4 is 12.1 Å². The van der Waals surface area contributed by atoms with Crippen LogP contribution in [0.25, 0.3) is 0 Å². The number of nitrogens with zero attached hydrogens (tertiary/aromatic N) is 1. The molecule has 0 radical (unpaired) electrons. The number of alkyl carbamates (subject to hydrolysis) is 1. The first-order valence-corrected chi connectivity index (χ1v) is 10.4. The van der Waals surface area contributed by atoms with Gasteiger partial charge in [-0.05, 0) is 45.7 Å². The van der Waals surface area contributed by atoms with Crippen molar-refractivity contribution in [3.63, 3.8) is 0 Å². The first-order valence-electron chi connectivity index (χ1n) is 10.4. The second-order valence-electron chi connectivity index (χ2n) is 7.94. The minimum atomic E-state index is -0.489. The van der Waals surface area contributed by atoms with Crippen LogP contribution in [0.4, 0.5) is 4.79 Å². The summed E-state index contributed by atoms with van der Waals surface area (Å²) in [7, 11) is 3.42. The van der Waals surface area contributed by atoms with Crippen LogP contribution in [0.3, 0.4) is 0 Å². The molecule has 8 nitrogen and oxygen atoms in total. The van der Waals surface area contributed by atoms with Gasteiger partial charge in [0.1, 0.15) is 11.4 Å². The molecule has 0 fully saturated rings. The summed E-state index contributed by atoms with van der Waals surface area (Å²) in [5.74, 6) is 1.56. The third-order valence-electron chi connectivity index (χ3n) is 3.96. The largest absolute Gasteiger partial charge is 0.493 e. The van der Waals surface area contributed by atoms with E-state index in [4.69, 9.17) is 14.2 Å². The zero-order valence-corrected chi connectivity index (χ0v) is 19.3. The van der Waals surface area contributed by atoms with Crippen molar-refractivity contribution in [3.05, 3.63) is 29.3 Å². The number of benzene rings is 1. The Bertz CT molecular complexity index is 672. The molecular weight excluding hydrogens is 384 g/mol. The van der Waals surface area contributed by atoms with E-state index < -0.39 is 11.7 Å². The van der Waals surface area contributed by atoms with Crippen LogP contribution in [0.1, 0.15) is 44.7 Å². The Kier molecular flexibility index (Phi) is 11.7. The first kappa shape index (κ1) is 25.6. The molecule has 0 aromatic heterocycles. The van der Waals surface area contributed by atoms with Crippen molar-refractivity contribution in [1.82, 2.24) is 16.0 Å². The highest BCUT2D eigenvalue weighted by molar-refractivity contribution is 5.79. The van der Waals surface area contributed by atoms with Gasteiger partial charge in [0.25, 0.3) is 0 Å². The minimum absolute atomic E-state index is 0.401. The quantitative estimate of drug-likeness (QED) is 0.288. The number of carbonyl (C=O) groups excluding carboxylic acids is 1. The van der Waals surface area contributed by atoms with Crippen LogP contribution in [-0.4, -0.2) is 58.1 Å². The lowest BCUT2D eigenvalue weighted by molar-refractivity contribution is 0.0527. The van der Waals surface area contributed by atoms with Gasteiger partial charge in [-0.2, -0.15) is 0 Å². The van der Waals surface area contributed by atoms with Crippen LogP contribution < -0.4 is 20.7 Å². The molecule has 0 spiro atoms. The van der Waals surface area contributed by atoms with E-state index in [-0.39, 0.29) is 0 Å². The van der Waals surface area contributed by atoms with Gasteiger partial charge in [-0.25, -0.2) is 4.79 Å². The average Bonchev–Trinajstić information content (AvgIpc) is 2.67. The minimum Gasteiger partial charge on any atom is -0.493 e. The zero-order chi connectivity index (χ0) is 22.4. The summed E-state index contributed by atoms with van der Waals surface area (Å²) in [4.78, 5) is 15.9. The number of guanidine groups is 1. The van der Waals surface area contributed by atoms with E-state index in [1.165, 1.54) is 0 Å². The van der Waals surface area contributed by atoms with Crippen molar-refractivity contribution in [3.8, 4) is 5.75 Å². The van der Waals surface area contributed by atoms with E-state index in [1.54, 1.807) is 14.2 Å². The number of rotatable bonds is 11. The third kappa shape index (κ3) is 11.5. The summed E-state index contributed by atoms with van der Waals surface area (Å²) in [6.45, 7) is 10.7. The van der Waals surface area contributed by atoms with Gasteiger partial charge in [0, 0.05) is 52.4 Å². The number of hydrogen-bond donors (Lipinski definition) is 3. The van der Waals surface area contributed by atoms with E-state index in [9.17, 15) is 4.79 Å². The lowest BCUT2D eigenvalue weighted by Crippen LogP contribution is -2.39. The highest BCUT2D eigenvalue weighted by Gasteiger charge is 2.15. The predicted octanol–water partition coefficient (Wildman–Crippen LogP) is 2.99. The number of aliphatic imine (C=N–C) groups is 1. The normalized spacial score (nSPS) is 11.7. The van der Waals surface area contributed by atoms with E-state index >= 15 is 0 Å². The van der Waals surface area contributed by atoms with Crippen molar-refractivity contribution < 1.29 is 19.0 Å². The Morgan fingerprint density at radius 1 is 1.07 bits per heavy atom. The highest BCUT2D eigenvalue weighted by atomic mass is 16.6. The number of hydrogen-bond acceptors (Lipinski definition) is 5. The Balaban J connectivity index is 2.39. The zero-order valence-electron chi connectivity index (χ0n) is 19.3. The SMILES string of the molecule is CN=C(NCCCNC(=O)OC(C)(C)C)NCc1ccc(C)cc1OCCCOC. The molecule has 0 bridgehead atoms. The molecule has 30 heavy (non-hydrogen) atoms. The number of nitrogens with one attached hydrogen (secondary N) is 3. The average molecular weight is 423 g/mol. The van der Waals surface area contributed by atoms with Gasteiger partial charge in [-0.1, -0.05) is 12.1 Å². The maximum Gasteiger partial charge on any atom is 0.407 e. The van der Waals surface area contributed by atoms with Crippen LogP contribution in [0, 0.1) is 6.92 Å². The van der Waals surface area contributed by atoms with E-state index in [2.05, 4.69) is 33.1 Å². The Labute approximate surface area is 180 Å². The third-order valence-corrected chi connectivity index (χ3v) is 3.96. The molecule has 1 amide bonds. The Morgan fingerprint density at radius 3 is 2.47 bits per heavy atom. The second kappa shape index (κ2) is 13.7. The van der Waals surface area contributed by atoms with Crippen LogP contribution >= 0.6 is 0 Å². The topological polar surface area (TPSA) is 93.2 Å². The van der Waals surface area contributed by atoms with Gasteiger partial charge in [0.2, 0.25) is 0 Å². The monoisotopic (exact) mass is 422 g/mol. The maximum atomic E-state index is 11.6. The molecule has 0 heterocycles. The van der Waals surface area contributed by atoms with E-state index in [0.717, 1.165) is 29.7 Å². The molecule has 3 N–H and O–H groups in total. The molecule has 0 aliphatic heterocycles. The van der Waals surface area contributed by atoms with Gasteiger partial charge >= 0.3 is 6.09 Å². The molecule has 1 aromatic carbocycles. The molecule has 0 saturated carbocycles. The smallest absolute Gasteiger partial charge is 0.407 e. The summed E-state index contributed by atoms with van der Waals surface area (Å²) in [6.07, 6.45) is 1.19. The van der Waals surface area contributed by atoms with Gasteiger partial charge in [-0.15, -0.1) is 0 Å². The van der Waals surface area contributed by atoms with E-state index in [0.29, 0.717) is 38.8 Å². The highest BCUT2D eigenvalue weighted by Crippen LogP contribution is 2.20. The Morgan fingerprint density at radius 2 is 1.80 bits per heavy atom. The number of ether oxygens (including phenoxy) is 3. The van der Waals surface area contributed by atoms with Crippen LogP contribution in [0.5, 0.6) is 5.75 Å². The molecule has 1 aromatic rings. The van der Waals surface area contributed by atoms with Crippen LogP contribution in [0.15, 0.2) is 23.2 Å². The van der Waals surface area contributed by atoms with Gasteiger partial charge < -0.3 is 30.2 Å². The van der Waals surface area contributed by atoms with Gasteiger partial charge in [0.15, 0.2) is 5.96 Å². The molecule has 1 rings (SSSR count). The lowest BCUT2D eigenvalue weighted by Gasteiger charge is -2.19.